The number of carbonyl (C=O) groups is 1. The van der Waals surface area contributed by atoms with Crippen LogP contribution in [0.4, 0.5) is 0 Å². The molecule has 0 unspecified atom stereocenters. The van der Waals surface area contributed by atoms with Gasteiger partial charge in [-0.3, -0.25) is 4.79 Å². The lowest BCUT2D eigenvalue weighted by Crippen LogP contribution is -2.53. The summed E-state index contributed by atoms with van der Waals surface area (Å²) in [5.74, 6) is 1.48. The maximum absolute atomic E-state index is 13.0. The molecule has 5 nitrogen and oxygen atoms in total. The van der Waals surface area contributed by atoms with Crippen molar-refractivity contribution >= 4 is 5.91 Å². The largest absolute Gasteiger partial charge is 0.485 e. The highest BCUT2D eigenvalue weighted by Crippen LogP contribution is 2.33. The van der Waals surface area contributed by atoms with E-state index in [-0.39, 0.29) is 5.91 Å². The van der Waals surface area contributed by atoms with Crippen LogP contribution in [0.25, 0.3) is 0 Å². The Balaban J connectivity index is 1.48. The van der Waals surface area contributed by atoms with Crippen molar-refractivity contribution < 1.29 is 14.3 Å². The van der Waals surface area contributed by atoms with Crippen LogP contribution in [-0.4, -0.2) is 60.6 Å². The summed E-state index contributed by atoms with van der Waals surface area (Å²) in [5.41, 5.74) is 0. The second-order valence-electron chi connectivity index (χ2n) is 6.80. The maximum Gasteiger partial charge on any atom is 0.267 e. The van der Waals surface area contributed by atoms with E-state index in [0.29, 0.717) is 24.4 Å². The quantitative estimate of drug-likeness (QED) is 0.836. The molecule has 1 amide bonds. The summed E-state index contributed by atoms with van der Waals surface area (Å²) >= 11 is 0. The van der Waals surface area contributed by atoms with Crippen LogP contribution >= 0.6 is 0 Å². The fraction of sp³-hybridized carbons (Fsp3) is 0.611. The molecule has 0 N–H and O–H groups in total. The number of nitrogens with zero attached hydrogens (tertiary/aromatic N) is 2. The summed E-state index contributed by atoms with van der Waals surface area (Å²) in [6, 6.07) is 8.38. The molecule has 0 radical (unpaired) electrons. The first-order valence-corrected chi connectivity index (χ1v) is 8.63. The third-order valence-corrected chi connectivity index (χ3v) is 5.39. The molecule has 3 aliphatic rings. The highest BCUT2D eigenvalue weighted by atomic mass is 16.6. The van der Waals surface area contributed by atoms with Crippen molar-refractivity contribution in [2.24, 2.45) is 0 Å². The first-order chi connectivity index (χ1) is 11.2. The van der Waals surface area contributed by atoms with E-state index in [9.17, 15) is 4.79 Å². The second-order valence-corrected chi connectivity index (χ2v) is 6.80. The number of hydrogen-bond acceptors (Lipinski definition) is 4. The van der Waals surface area contributed by atoms with Gasteiger partial charge in [-0.1, -0.05) is 12.1 Å². The van der Waals surface area contributed by atoms with E-state index < -0.39 is 6.10 Å². The Kier molecular flexibility index (Phi) is 3.89. The third-order valence-electron chi connectivity index (χ3n) is 5.39. The summed E-state index contributed by atoms with van der Waals surface area (Å²) in [6.45, 7) is 2.29. The zero-order valence-corrected chi connectivity index (χ0v) is 13.6. The van der Waals surface area contributed by atoms with Crippen LogP contribution in [0.2, 0.25) is 0 Å². The van der Waals surface area contributed by atoms with Crippen molar-refractivity contribution in [1.29, 1.82) is 0 Å². The van der Waals surface area contributed by atoms with Gasteiger partial charge in [0.15, 0.2) is 11.5 Å². The van der Waals surface area contributed by atoms with Gasteiger partial charge in [-0.15, -0.1) is 0 Å². The van der Waals surface area contributed by atoms with Crippen LogP contribution in [0.5, 0.6) is 11.5 Å². The van der Waals surface area contributed by atoms with Crippen LogP contribution in [0.1, 0.15) is 25.7 Å². The van der Waals surface area contributed by atoms with Crippen molar-refractivity contribution in [2.75, 3.05) is 26.7 Å². The normalized spacial score (nSPS) is 30.7. The van der Waals surface area contributed by atoms with E-state index in [4.69, 9.17) is 9.47 Å². The molecule has 1 aromatic carbocycles. The van der Waals surface area contributed by atoms with Crippen molar-refractivity contribution in [1.82, 2.24) is 9.80 Å². The number of benzene rings is 1. The number of rotatable bonds is 2. The number of fused-ring (bicyclic) bond motifs is 1. The second kappa shape index (κ2) is 6.04. The number of para-hydroxylation sites is 2. The molecular formula is C18H24N2O3. The fourth-order valence-electron chi connectivity index (χ4n) is 4.21. The molecule has 124 valence electrons. The number of ether oxygens (including phenoxy) is 2. The minimum Gasteiger partial charge on any atom is -0.485 e. The maximum atomic E-state index is 13.0. The fourth-order valence-corrected chi connectivity index (χ4v) is 4.21. The van der Waals surface area contributed by atoms with Gasteiger partial charge in [0.05, 0.1) is 0 Å². The SMILES string of the molecule is CN1CCC[C@@H]1[C@H]1CCCN1C(=O)[C@@H]1COc2ccccc2O1. The molecule has 0 saturated carbocycles. The first kappa shape index (κ1) is 14.8. The molecule has 3 heterocycles. The van der Waals surface area contributed by atoms with Crippen LogP contribution in [-0.2, 0) is 4.79 Å². The van der Waals surface area contributed by atoms with E-state index >= 15 is 0 Å². The average molecular weight is 316 g/mol. The number of hydrogen-bond donors (Lipinski definition) is 0. The molecule has 2 fully saturated rings. The predicted octanol–water partition coefficient (Wildman–Crippen LogP) is 1.91. The standard InChI is InChI=1S/C18H24N2O3/c1-19-10-4-6-13(19)14-7-5-11-20(14)18(21)17-12-22-15-8-2-3-9-16(15)23-17/h2-3,8-9,13-14,17H,4-7,10-12H2,1H3/t13-,14-,17+/m1/s1. The van der Waals surface area contributed by atoms with Gasteiger partial charge >= 0.3 is 0 Å². The summed E-state index contributed by atoms with van der Waals surface area (Å²) in [4.78, 5) is 17.4. The molecule has 0 aliphatic carbocycles. The zero-order valence-electron chi connectivity index (χ0n) is 13.6. The molecule has 3 atom stereocenters. The molecule has 1 aromatic rings. The van der Waals surface area contributed by atoms with Crippen LogP contribution in [0.15, 0.2) is 24.3 Å². The van der Waals surface area contributed by atoms with Gasteiger partial charge in [0.25, 0.3) is 5.91 Å². The smallest absolute Gasteiger partial charge is 0.267 e. The predicted molar refractivity (Wildman–Crippen MR) is 86.7 cm³/mol. The van der Waals surface area contributed by atoms with Crippen LogP contribution < -0.4 is 9.47 Å². The van der Waals surface area contributed by atoms with E-state index in [1.54, 1.807) is 0 Å². The van der Waals surface area contributed by atoms with Gasteiger partial charge in [0.1, 0.15) is 6.61 Å². The lowest BCUT2D eigenvalue weighted by Gasteiger charge is -2.36. The topological polar surface area (TPSA) is 42.0 Å². The lowest BCUT2D eigenvalue weighted by atomic mass is 10.0. The van der Waals surface area contributed by atoms with Gasteiger partial charge < -0.3 is 19.3 Å². The van der Waals surface area contributed by atoms with Gasteiger partial charge in [-0.05, 0) is 51.4 Å². The highest BCUT2D eigenvalue weighted by Gasteiger charge is 2.41. The molecule has 0 aromatic heterocycles. The monoisotopic (exact) mass is 316 g/mol. The first-order valence-electron chi connectivity index (χ1n) is 8.63. The summed E-state index contributed by atoms with van der Waals surface area (Å²) < 4.78 is 11.6. The summed E-state index contributed by atoms with van der Waals surface area (Å²) in [6.07, 6.45) is 4.10. The van der Waals surface area contributed by atoms with Crippen LogP contribution in [0.3, 0.4) is 0 Å². The summed E-state index contributed by atoms with van der Waals surface area (Å²) in [5, 5.41) is 0. The molecule has 3 aliphatic heterocycles. The molecule has 23 heavy (non-hydrogen) atoms. The molecule has 0 spiro atoms. The number of likely N-dealkylation sites (tertiary alicyclic amines) is 2. The molecule has 0 bridgehead atoms. The Hall–Kier alpha value is -1.75. The Morgan fingerprint density at radius 3 is 2.61 bits per heavy atom. The minimum absolute atomic E-state index is 0.0855. The number of carbonyl (C=O) groups excluding carboxylic acids is 1. The summed E-state index contributed by atoms with van der Waals surface area (Å²) in [7, 11) is 2.18. The number of amides is 1. The Morgan fingerprint density at radius 1 is 1.09 bits per heavy atom. The van der Waals surface area contributed by atoms with E-state index in [1.807, 2.05) is 24.3 Å². The van der Waals surface area contributed by atoms with E-state index in [0.717, 1.165) is 31.7 Å². The molecular weight excluding hydrogens is 292 g/mol. The van der Waals surface area contributed by atoms with Crippen molar-refractivity contribution in [3.63, 3.8) is 0 Å². The van der Waals surface area contributed by atoms with Crippen molar-refractivity contribution in [3.8, 4) is 11.5 Å². The van der Waals surface area contributed by atoms with Crippen molar-refractivity contribution in [3.05, 3.63) is 24.3 Å². The Labute approximate surface area is 137 Å². The van der Waals surface area contributed by atoms with Gasteiger partial charge in [0, 0.05) is 18.6 Å². The molecule has 4 rings (SSSR count). The minimum atomic E-state index is -0.516. The zero-order chi connectivity index (χ0) is 15.8. The van der Waals surface area contributed by atoms with Gasteiger partial charge in [-0.25, -0.2) is 0 Å². The molecule has 5 heteroatoms. The van der Waals surface area contributed by atoms with Gasteiger partial charge in [0.2, 0.25) is 6.10 Å². The average Bonchev–Trinajstić information content (AvgIpc) is 3.22. The van der Waals surface area contributed by atoms with Gasteiger partial charge in [-0.2, -0.15) is 0 Å². The Morgan fingerprint density at radius 2 is 1.83 bits per heavy atom. The van der Waals surface area contributed by atoms with Crippen molar-refractivity contribution in [2.45, 2.75) is 43.9 Å². The van der Waals surface area contributed by atoms with E-state index in [2.05, 4.69) is 16.8 Å². The molecule has 2 saturated heterocycles. The lowest BCUT2D eigenvalue weighted by molar-refractivity contribution is -0.143. The number of likely N-dealkylation sites (N-methyl/N-ethyl adjacent to an activating group) is 1. The third kappa shape index (κ3) is 2.67. The Bertz CT molecular complexity index is 591. The van der Waals surface area contributed by atoms with Crippen LogP contribution in [0, 0.1) is 0 Å². The van der Waals surface area contributed by atoms with E-state index in [1.165, 1.54) is 12.8 Å². The highest BCUT2D eigenvalue weighted by molar-refractivity contribution is 5.82.